The Morgan fingerprint density at radius 1 is 1.30 bits per heavy atom. The Morgan fingerprint density at radius 3 is 2.80 bits per heavy atom. The van der Waals surface area contributed by atoms with E-state index in [1.165, 1.54) is 16.8 Å². The van der Waals surface area contributed by atoms with Crippen LogP contribution in [0.4, 0.5) is 0 Å². The number of hydrogen-bond acceptors (Lipinski definition) is 6. The van der Waals surface area contributed by atoms with Crippen molar-refractivity contribution in [3.63, 3.8) is 0 Å². The average molecular weight is 273 g/mol. The summed E-state index contributed by atoms with van der Waals surface area (Å²) >= 11 is 0. The molecule has 0 N–H and O–H groups in total. The molecule has 0 aliphatic heterocycles. The monoisotopic (exact) mass is 273 g/mol. The normalized spacial score (nSPS) is 11.1. The molecule has 0 bridgehead atoms. The quantitative estimate of drug-likeness (QED) is 0.691. The summed E-state index contributed by atoms with van der Waals surface area (Å²) in [5.41, 5.74) is 0.120. The molecule has 0 spiro atoms. The van der Waals surface area contributed by atoms with Gasteiger partial charge in [0.15, 0.2) is 5.82 Å². The minimum atomic E-state index is -0.473. The highest BCUT2D eigenvalue weighted by Crippen LogP contribution is 2.11. The fourth-order valence-corrected chi connectivity index (χ4v) is 2.07. The van der Waals surface area contributed by atoms with Crippen molar-refractivity contribution in [2.75, 3.05) is 0 Å². The van der Waals surface area contributed by atoms with Crippen molar-refractivity contribution in [3.8, 4) is 0 Å². The molecule has 3 heterocycles. The van der Waals surface area contributed by atoms with E-state index in [9.17, 15) is 9.59 Å². The Hall–Kier alpha value is -2.70. The lowest BCUT2D eigenvalue weighted by Crippen LogP contribution is -2.21. The maximum Gasteiger partial charge on any atom is 0.336 e. The minimum Gasteiger partial charge on any atom is -0.422 e. The Labute approximate surface area is 112 Å². The summed E-state index contributed by atoms with van der Waals surface area (Å²) in [6.07, 6.45) is 1.53. The zero-order chi connectivity index (χ0) is 14.3. The molecule has 0 unspecified atom stereocenters. The lowest BCUT2D eigenvalue weighted by atomic mass is 10.2. The number of nitrogens with zero attached hydrogens (tertiary/aromatic N) is 3. The summed E-state index contributed by atoms with van der Waals surface area (Å²) in [5, 5.41) is 4.05. The number of aromatic nitrogens is 3. The van der Waals surface area contributed by atoms with E-state index in [0.717, 1.165) is 0 Å². The third kappa shape index (κ3) is 2.03. The van der Waals surface area contributed by atoms with Gasteiger partial charge in [-0.25, -0.2) is 4.79 Å². The lowest BCUT2D eigenvalue weighted by Gasteiger charge is -2.05. The summed E-state index contributed by atoms with van der Waals surface area (Å²) in [6.45, 7) is 3.57. The smallest absolute Gasteiger partial charge is 0.336 e. The van der Waals surface area contributed by atoms with Crippen LogP contribution in [-0.4, -0.2) is 14.7 Å². The molecule has 0 atom stereocenters. The van der Waals surface area contributed by atoms with E-state index in [4.69, 9.17) is 8.94 Å². The molecule has 0 aromatic carbocycles. The second-order valence-electron chi connectivity index (χ2n) is 4.47. The maximum atomic E-state index is 12.4. The molecule has 0 aliphatic carbocycles. The third-order valence-corrected chi connectivity index (χ3v) is 2.94. The summed E-state index contributed by atoms with van der Waals surface area (Å²) in [6, 6.07) is 2.87. The van der Waals surface area contributed by atoms with Crippen molar-refractivity contribution < 1.29 is 8.94 Å². The molecule has 20 heavy (non-hydrogen) atoms. The Morgan fingerprint density at radius 2 is 2.10 bits per heavy atom. The number of aryl methyl sites for hydroxylation is 2. The Bertz CT molecular complexity index is 904. The summed E-state index contributed by atoms with van der Waals surface area (Å²) < 4.78 is 11.4. The zero-order valence-electron chi connectivity index (χ0n) is 10.9. The van der Waals surface area contributed by atoms with E-state index in [0.29, 0.717) is 22.7 Å². The van der Waals surface area contributed by atoms with Gasteiger partial charge >= 0.3 is 5.63 Å². The molecule has 7 heteroatoms. The minimum absolute atomic E-state index is 0.175. The van der Waals surface area contributed by atoms with Gasteiger partial charge in [-0.05, 0) is 25.5 Å². The first-order valence-electron chi connectivity index (χ1n) is 5.97. The van der Waals surface area contributed by atoms with Gasteiger partial charge in [0.2, 0.25) is 5.89 Å². The van der Waals surface area contributed by atoms with Gasteiger partial charge in [0.1, 0.15) is 12.1 Å². The van der Waals surface area contributed by atoms with Crippen LogP contribution in [0.5, 0.6) is 0 Å². The molecule has 0 amide bonds. The first-order chi connectivity index (χ1) is 9.54. The molecular formula is C13H11N3O4. The summed E-state index contributed by atoms with van der Waals surface area (Å²) in [4.78, 5) is 27.7. The van der Waals surface area contributed by atoms with Crippen molar-refractivity contribution in [3.05, 3.63) is 56.4 Å². The number of fused-ring (bicyclic) bond motifs is 1. The van der Waals surface area contributed by atoms with Gasteiger partial charge in [-0.1, -0.05) is 5.16 Å². The van der Waals surface area contributed by atoms with E-state index in [1.54, 1.807) is 19.9 Å². The van der Waals surface area contributed by atoms with E-state index >= 15 is 0 Å². The van der Waals surface area contributed by atoms with Crippen LogP contribution in [-0.2, 0) is 6.54 Å². The first kappa shape index (κ1) is 12.3. The largest absolute Gasteiger partial charge is 0.422 e. The van der Waals surface area contributed by atoms with Crippen LogP contribution >= 0.6 is 0 Å². The summed E-state index contributed by atoms with van der Waals surface area (Å²) in [7, 11) is 0. The predicted molar refractivity (Wildman–Crippen MR) is 69.6 cm³/mol. The average Bonchev–Trinajstić information content (AvgIpc) is 2.77. The fourth-order valence-electron chi connectivity index (χ4n) is 2.07. The van der Waals surface area contributed by atoms with Gasteiger partial charge < -0.3 is 13.5 Å². The molecule has 0 radical (unpaired) electrons. The van der Waals surface area contributed by atoms with E-state index in [-0.39, 0.29) is 17.7 Å². The molecule has 0 saturated heterocycles. The molecule has 0 saturated carbocycles. The highest BCUT2D eigenvalue weighted by Gasteiger charge is 2.11. The van der Waals surface area contributed by atoms with Crippen LogP contribution < -0.4 is 11.2 Å². The van der Waals surface area contributed by atoms with Gasteiger partial charge in [-0.15, -0.1) is 0 Å². The SMILES string of the molecule is Cc1noc(Cn2ccc3oc(=O)cc(C)c3c2=O)n1. The van der Waals surface area contributed by atoms with E-state index in [2.05, 4.69) is 10.1 Å². The van der Waals surface area contributed by atoms with Gasteiger partial charge in [0.25, 0.3) is 5.56 Å². The van der Waals surface area contributed by atoms with Crippen molar-refractivity contribution >= 4 is 11.0 Å². The van der Waals surface area contributed by atoms with Crippen LogP contribution in [0.3, 0.4) is 0 Å². The van der Waals surface area contributed by atoms with Crippen molar-refractivity contribution in [1.82, 2.24) is 14.7 Å². The Kier molecular flexibility index (Phi) is 2.74. The highest BCUT2D eigenvalue weighted by molar-refractivity contribution is 5.78. The molecule has 102 valence electrons. The number of rotatable bonds is 2. The second kappa shape index (κ2) is 4.44. The molecular weight excluding hydrogens is 262 g/mol. The predicted octanol–water partition coefficient (Wildman–Crippen LogP) is 1.00. The first-order valence-corrected chi connectivity index (χ1v) is 5.97. The Balaban J connectivity index is 2.16. The van der Waals surface area contributed by atoms with Crippen molar-refractivity contribution in [1.29, 1.82) is 0 Å². The van der Waals surface area contributed by atoms with Crippen LogP contribution in [0.2, 0.25) is 0 Å². The van der Waals surface area contributed by atoms with Crippen molar-refractivity contribution in [2.45, 2.75) is 20.4 Å². The number of pyridine rings is 1. The highest BCUT2D eigenvalue weighted by atomic mass is 16.5. The molecule has 7 nitrogen and oxygen atoms in total. The standard InChI is InChI=1S/C13H11N3O4/c1-7-5-11(17)19-9-3-4-16(13(18)12(7)9)6-10-14-8(2)15-20-10/h3-5H,6H2,1-2H3. The molecule has 0 aliphatic rings. The van der Waals surface area contributed by atoms with Crippen LogP contribution in [0.1, 0.15) is 17.3 Å². The number of hydrogen-bond donors (Lipinski definition) is 0. The lowest BCUT2D eigenvalue weighted by molar-refractivity contribution is 0.366. The maximum absolute atomic E-state index is 12.4. The third-order valence-electron chi connectivity index (χ3n) is 2.94. The summed E-state index contributed by atoms with van der Waals surface area (Å²) in [5.74, 6) is 0.856. The van der Waals surface area contributed by atoms with Crippen LogP contribution in [0.25, 0.3) is 11.0 Å². The molecule has 3 aromatic rings. The zero-order valence-corrected chi connectivity index (χ0v) is 10.9. The van der Waals surface area contributed by atoms with E-state index < -0.39 is 5.63 Å². The van der Waals surface area contributed by atoms with Gasteiger partial charge in [0, 0.05) is 12.3 Å². The van der Waals surface area contributed by atoms with Crippen LogP contribution in [0.15, 0.2) is 36.9 Å². The molecule has 0 fully saturated rings. The molecule has 3 aromatic heterocycles. The topological polar surface area (TPSA) is 91.1 Å². The van der Waals surface area contributed by atoms with Gasteiger partial charge in [-0.2, -0.15) is 4.98 Å². The van der Waals surface area contributed by atoms with Gasteiger partial charge in [0.05, 0.1) is 5.39 Å². The second-order valence-corrected chi connectivity index (χ2v) is 4.47. The van der Waals surface area contributed by atoms with Crippen molar-refractivity contribution in [2.24, 2.45) is 0 Å². The van der Waals surface area contributed by atoms with Crippen LogP contribution in [0, 0.1) is 13.8 Å². The van der Waals surface area contributed by atoms with E-state index in [1.807, 2.05) is 0 Å². The molecule has 3 rings (SSSR count). The fraction of sp³-hybridized carbons (Fsp3) is 0.231. The van der Waals surface area contributed by atoms with Gasteiger partial charge in [-0.3, -0.25) is 4.79 Å².